The highest BCUT2D eigenvalue weighted by molar-refractivity contribution is 6.35. The first kappa shape index (κ1) is 14.6. The fourth-order valence-corrected chi connectivity index (χ4v) is 3.18. The Bertz CT molecular complexity index is 631. The Morgan fingerprint density at radius 3 is 2.67 bits per heavy atom. The summed E-state index contributed by atoms with van der Waals surface area (Å²) in [5.41, 5.74) is 1.02. The van der Waals surface area contributed by atoms with Crippen LogP contribution in [0.15, 0.2) is 28.9 Å². The van der Waals surface area contributed by atoms with Crippen molar-refractivity contribution in [2.75, 3.05) is 0 Å². The molecule has 0 amide bonds. The number of rotatable bonds is 2. The minimum absolute atomic E-state index is 0.272. The van der Waals surface area contributed by atoms with Crippen LogP contribution in [0.3, 0.4) is 0 Å². The van der Waals surface area contributed by atoms with Crippen molar-refractivity contribution in [1.82, 2.24) is 0 Å². The van der Waals surface area contributed by atoms with E-state index < -0.39 is 5.97 Å². The highest BCUT2D eigenvalue weighted by atomic mass is 35.5. The van der Waals surface area contributed by atoms with E-state index in [1.807, 2.05) is 0 Å². The second kappa shape index (κ2) is 6.20. The van der Waals surface area contributed by atoms with Crippen molar-refractivity contribution in [3.63, 3.8) is 0 Å². The zero-order valence-electron chi connectivity index (χ0n) is 11.4. The Kier molecular flexibility index (Phi) is 4.32. The molecule has 1 saturated carbocycles. The van der Waals surface area contributed by atoms with Gasteiger partial charge in [-0.25, -0.2) is 9.79 Å². The van der Waals surface area contributed by atoms with E-state index in [4.69, 9.17) is 27.9 Å². The predicted molar refractivity (Wildman–Crippen MR) is 84.5 cm³/mol. The van der Waals surface area contributed by atoms with Crippen molar-refractivity contribution in [3.05, 3.63) is 39.5 Å². The summed E-state index contributed by atoms with van der Waals surface area (Å²) < 4.78 is 5.32. The molecule has 21 heavy (non-hydrogen) atoms. The second-order valence-electron chi connectivity index (χ2n) is 5.37. The third-order valence-electron chi connectivity index (χ3n) is 3.85. The first-order valence-electron chi connectivity index (χ1n) is 7.11. The van der Waals surface area contributed by atoms with Gasteiger partial charge in [0.15, 0.2) is 5.70 Å². The molecule has 0 unspecified atom stereocenters. The number of hydrogen-bond donors (Lipinski definition) is 0. The molecule has 1 aromatic carbocycles. The molecule has 3 nitrogen and oxygen atoms in total. The third kappa shape index (κ3) is 3.30. The van der Waals surface area contributed by atoms with Crippen LogP contribution in [0.25, 0.3) is 6.08 Å². The molecule has 1 heterocycles. The van der Waals surface area contributed by atoms with Crippen LogP contribution in [0.4, 0.5) is 0 Å². The van der Waals surface area contributed by atoms with Crippen LogP contribution < -0.4 is 0 Å². The van der Waals surface area contributed by atoms with Crippen LogP contribution in [0.2, 0.25) is 10.0 Å². The molecule has 0 spiro atoms. The lowest BCUT2D eigenvalue weighted by molar-refractivity contribution is -0.130. The molecule has 0 N–H and O–H groups in total. The molecular formula is C16H15Cl2NO2. The number of carbonyl (C=O) groups is 1. The molecule has 0 radical (unpaired) electrons. The summed E-state index contributed by atoms with van der Waals surface area (Å²) in [7, 11) is 0. The summed E-state index contributed by atoms with van der Waals surface area (Å²) in [5.74, 6) is 0.437. The number of esters is 1. The molecule has 1 aromatic rings. The van der Waals surface area contributed by atoms with Crippen molar-refractivity contribution in [1.29, 1.82) is 0 Å². The molecule has 0 saturated heterocycles. The summed E-state index contributed by atoms with van der Waals surface area (Å²) in [5, 5.41) is 1.05. The lowest BCUT2D eigenvalue weighted by atomic mass is 9.89. The number of benzene rings is 1. The van der Waals surface area contributed by atoms with Gasteiger partial charge in [-0.1, -0.05) is 48.5 Å². The Morgan fingerprint density at radius 1 is 1.19 bits per heavy atom. The average molecular weight is 324 g/mol. The standard InChI is InChI=1S/C16H15Cl2NO2/c17-12-7-6-11(13(18)9-12)8-14-16(20)21-15(19-14)10-4-2-1-3-5-10/h6-10H,1-5H2/b14-8+. The molecule has 3 rings (SSSR count). The average Bonchev–Trinajstić information content (AvgIpc) is 2.84. The van der Waals surface area contributed by atoms with Crippen LogP contribution >= 0.6 is 23.2 Å². The van der Waals surface area contributed by atoms with Crippen LogP contribution in [0.5, 0.6) is 0 Å². The monoisotopic (exact) mass is 323 g/mol. The van der Waals surface area contributed by atoms with E-state index in [1.165, 1.54) is 19.3 Å². The topological polar surface area (TPSA) is 38.7 Å². The van der Waals surface area contributed by atoms with Gasteiger partial charge in [0.05, 0.1) is 0 Å². The molecule has 2 aliphatic rings. The molecule has 110 valence electrons. The quantitative estimate of drug-likeness (QED) is 0.575. The van der Waals surface area contributed by atoms with Gasteiger partial charge in [0.25, 0.3) is 0 Å². The molecular weight excluding hydrogens is 309 g/mol. The van der Waals surface area contributed by atoms with Gasteiger partial charge < -0.3 is 4.74 Å². The number of nitrogens with zero attached hydrogens (tertiary/aromatic N) is 1. The van der Waals surface area contributed by atoms with E-state index in [-0.39, 0.29) is 5.92 Å². The predicted octanol–water partition coefficient (Wildman–Crippen LogP) is 4.87. The largest absolute Gasteiger partial charge is 0.406 e. The maximum Gasteiger partial charge on any atom is 0.363 e. The van der Waals surface area contributed by atoms with Crippen LogP contribution in [0.1, 0.15) is 37.7 Å². The normalized spacial score (nSPS) is 21.5. The molecule has 0 atom stereocenters. The maximum atomic E-state index is 11.9. The van der Waals surface area contributed by atoms with Gasteiger partial charge in [-0.3, -0.25) is 0 Å². The van der Waals surface area contributed by atoms with Gasteiger partial charge in [-0.2, -0.15) is 0 Å². The number of halogens is 2. The maximum absolute atomic E-state index is 11.9. The van der Waals surface area contributed by atoms with E-state index in [1.54, 1.807) is 24.3 Å². The Morgan fingerprint density at radius 2 is 1.95 bits per heavy atom. The van der Waals surface area contributed by atoms with Gasteiger partial charge in [0.2, 0.25) is 5.90 Å². The lowest BCUT2D eigenvalue weighted by Gasteiger charge is -2.19. The van der Waals surface area contributed by atoms with Crippen LogP contribution in [0, 0.1) is 5.92 Å². The summed E-state index contributed by atoms with van der Waals surface area (Å²) >= 11 is 12.0. The SMILES string of the molecule is O=C1OC(C2CCCCC2)=N/C1=C/c1ccc(Cl)cc1Cl. The molecule has 0 bridgehead atoms. The third-order valence-corrected chi connectivity index (χ3v) is 4.41. The van der Waals surface area contributed by atoms with Crippen LogP contribution in [-0.4, -0.2) is 11.9 Å². The van der Waals surface area contributed by atoms with Crippen molar-refractivity contribution < 1.29 is 9.53 Å². The fourth-order valence-electron chi connectivity index (χ4n) is 2.72. The van der Waals surface area contributed by atoms with Crippen molar-refractivity contribution >= 4 is 41.1 Å². The van der Waals surface area contributed by atoms with Gasteiger partial charge in [0.1, 0.15) is 0 Å². The Hall–Kier alpha value is -1.32. The van der Waals surface area contributed by atoms with Gasteiger partial charge in [-0.05, 0) is 36.6 Å². The molecule has 1 aliphatic carbocycles. The molecule has 1 aliphatic heterocycles. The van der Waals surface area contributed by atoms with Crippen molar-refractivity contribution in [2.24, 2.45) is 10.9 Å². The first-order chi connectivity index (χ1) is 10.1. The zero-order valence-corrected chi connectivity index (χ0v) is 13.0. The summed E-state index contributed by atoms with van der Waals surface area (Å²) in [6, 6.07) is 5.13. The Labute approximate surface area is 133 Å². The van der Waals surface area contributed by atoms with Gasteiger partial charge in [-0.15, -0.1) is 0 Å². The number of ether oxygens (including phenoxy) is 1. The number of aliphatic imine (C=N–C) groups is 1. The van der Waals surface area contributed by atoms with E-state index >= 15 is 0 Å². The van der Waals surface area contributed by atoms with Crippen molar-refractivity contribution in [2.45, 2.75) is 32.1 Å². The van der Waals surface area contributed by atoms with Crippen molar-refractivity contribution in [3.8, 4) is 0 Å². The minimum atomic E-state index is -0.401. The minimum Gasteiger partial charge on any atom is -0.406 e. The van der Waals surface area contributed by atoms with E-state index in [0.717, 1.165) is 12.8 Å². The van der Waals surface area contributed by atoms with E-state index in [9.17, 15) is 4.79 Å². The molecule has 5 heteroatoms. The highest BCUT2D eigenvalue weighted by Crippen LogP contribution is 2.30. The van der Waals surface area contributed by atoms with E-state index in [2.05, 4.69) is 4.99 Å². The smallest absolute Gasteiger partial charge is 0.363 e. The summed E-state index contributed by atoms with van der Waals surface area (Å²) in [6.07, 6.45) is 7.33. The number of hydrogen-bond acceptors (Lipinski definition) is 3. The summed E-state index contributed by atoms with van der Waals surface area (Å²) in [6.45, 7) is 0. The molecule has 0 aromatic heterocycles. The Balaban J connectivity index is 1.85. The number of carbonyl (C=O) groups excluding carboxylic acids is 1. The zero-order chi connectivity index (χ0) is 14.8. The fraction of sp³-hybridized carbons (Fsp3) is 0.375. The highest BCUT2D eigenvalue weighted by Gasteiger charge is 2.30. The van der Waals surface area contributed by atoms with E-state index in [0.29, 0.717) is 27.2 Å². The number of cyclic esters (lactones) is 1. The van der Waals surface area contributed by atoms with Gasteiger partial charge in [0, 0.05) is 16.0 Å². The lowest BCUT2D eigenvalue weighted by Crippen LogP contribution is -2.19. The first-order valence-corrected chi connectivity index (χ1v) is 7.86. The molecule has 1 fully saturated rings. The summed E-state index contributed by atoms with van der Waals surface area (Å²) in [4.78, 5) is 16.3. The second-order valence-corrected chi connectivity index (χ2v) is 6.21. The van der Waals surface area contributed by atoms with Gasteiger partial charge >= 0.3 is 5.97 Å². The van der Waals surface area contributed by atoms with Crippen LogP contribution in [-0.2, 0) is 9.53 Å².